The summed E-state index contributed by atoms with van der Waals surface area (Å²) in [6.07, 6.45) is 3.02. The Morgan fingerprint density at radius 1 is 1.40 bits per heavy atom. The third-order valence-electron chi connectivity index (χ3n) is 2.90. The standard InChI is InChI=1S/C12H11N3O5/c1-13-5-6-14(12(13)18)7-8-3-2-4-9(15(19)20)10(8)11(16)17/h2-6H,7H2,1H3,(H,16,17). The molecule has 0 amide bonds. The van der Waals surface area contributed by atoms with Crippen molar-refractivity contribution in [2.75, 3.05) is 0 Å². The smallest absolute Gasteiger partial charge is 0.343 e. The Morgan fingerprint density at radius 3 is 2.60 bits per heavy atom. The van der Waals surface area contributed by atoms with Crippen molar-refractivity contribution in [2.45, 2.75) is 6.54 Å². The second-order valence-corrected chi connectivity index (χ2v) is 4.19. The zero-order valence-corrected chi connectivity index (χ0v) is 10.5. The molecule has 2 aromatic rings. The van der Waals surface area contributed by atoms with Gasteiger partial charge in [0.05, 0.1) is 11.5 Å². The summed E-state index contributed by atoms with van der Waals surface area (Å²) < 4.78 is 2.61. The fourth-order valence-electron chi connectivity index (χ4n) is 1.93. The van der Waals surface area contributed by atoms with Gasteiger partial charge in [0.15, 0.2) is 0 Å². The molecule has 2 rings (SSSR count). The fraction of sp³-hybridized carbons (Fsp3) is 0.167. The van der Waals surface area contributed by atoms with Gasteiger partial charge in [0, 0.05) is 25.5 Å². The van der Waals surface area contributed by atoms with Crippen molar-refractivity contribution in [3.63, 3.8) is 0 Å². The number of carbonyl (C=O) groups is 1. The SMILES string of the molecule is Cn1ccn(Cc2cccc([N+](=O)[O-])c2C(=O)O)c1=O. The molecule has 0 radical (unpaired) electrons. The van der Waals surface area contributed by atoms with Gasteiger partial charge >= 0.3 is 11.7 Å². The number of nitrogens with zero attached hydrogens (tertiary/aromatic N) is 3. The molecule has 0 fully saturated rings. The van der Waals surface area contributed by atoms with Gasteiger partial charge in [-0.3, -0.25) is 14.7 Å². The van der Waals surface area contributed by atoms with E-state index in [1.165, 1.54) is 33.7 Å². The molecule has 0 atom stereocenters. The van der Waals surface area contributed by atoms with E-state index in [0.717, 1.165) is 6.07 Å². The number of benzene rings is 1. The van der Waals surface area contributed by atoms with Gasteiger partial charge < -0.3 is 9.67 Å². The Hall–Kier alpha value is -2.90. The number of hydrogen-bond donors (Lipinski definition) is 1. The van der Waals surface area contributed by atoms with Crippen LogP contribution < -0.4 is 5.69 Å². The van der Waals surface area contributed by atoms with E-state index in [9.17, 15) is 19.7 Å². The fourth-order valence-corrected chi connectivity index (χ4v) is 1.93. The minimum atomic E-state index is -1.39. The van der Waals surface area contributed by atoms with E-state index in [0.29, 0.717) is 0 Å². The third kappa shape index (κ3) is 2.30. The van der Waals surface area contributed by atoms with Crippen LogP contribution in [0.4, 0.5) is 5.69 Å². The van der Waals surface area contributed by atoms with Crippen molar-refractivity contribution in [2.24, 2.45) is 7.05 Å². The summed E-state index contributed by atoms with van der Waals surface area (Å²) in [6, 6.07) is 3.98. The van der Waals surface area contributed by atoms with Gasteiger partial charge in [0.25, 0.3) is 5.69 Å². The number of nitro groups is 1. The number of rotatable bonds is 4. The first-order chi connectivity index (χ1) is 9.41. The van der Waals surface area contributed by atoms with Gasteiger partial charge in [-0.05, 0) is 5.56 Å². The molecule has 0 aliphatic heterocycles. The minimum Gasteiger partial charge on any atom is -0.477 e. The number of aryl methyl sites for hydroxylation is 1. The molecule has 0 saturated carbocycles. The van der Waals surface area contributed by atoms with E-state index in [1.807, 2.05) is 0 Å². The van der Waals surface area contributed by atoms with Crippen molar-refractivity contribution in [3.05, 3.63) is 62.3 Å². The van der Waals surface area contributed by atoms with Crippen LogP contribution in [0.2, 0.25) is 0 Å². The summed E-state index contributed by atoms with van der Waals surface area (Å²) in [4.78, 5) is 33.1. The number of imidazole rings is 1. The molecule has 104 valence electrons. The highest BCUT2D eigenvalue weighted by atomic mass is 16.6. The Labute approximate surface area is 112 Å². The topological polar surface area (TPSA) is 107 Å². The highest BCUT2D eigenvalue weighted by molar-refractivity contribution is 5.94. The maximum Gasteiger partial charge on any atom is 0.343 e. The monoisotopic (exact) mass is 277 g/mol. The Bertz CT molecular complexity index is 744. The third-order valence-corrected chi connectivity index (χ3v) is 2.90. The van der Waals surface area contributed by atoms with Gasteiger partial charge in [-0.15, -0.1) is 0 Å². The van der Waals surface area contributed by atoms with Gasteiger partial charge in [0.2, 0.25) is 0 Å². The predicted molar refractivity (Wildman–Crippen MR) is 68.8 cm³/mol. The lowest BCUT2D eigenvalue weighted by molar-refractivity contribution is -0.385. The van der Waals surface area contributed by atoms with Crippen molar-refractivity contribution >= 4 is 11.7 Å². The number of carboxylic acid groups (broad SMARTS) is 1. The van der Waals surface area contributed by atoms with Gasteiger partial charge in [-0.2, -0.15) is 0 Å². The highest BCUT2D eigenvalue weighted by Crippen LogP contribution is 2.22. The maximum absolute atomic E-state index is 11.7. The number of hydrogen-bond acceptors (Lipinski definition) is 4. The lowest BCUT2D eigenvalue weighted by atomic mass is 10.1. The Morgan fingerprint density at radius 2 is 2.10 bits per heavy atom. The van der Waals surface area contributed by atoms with Crippen LogP contribution in [-0.4, -0.2) is 25.1 Å². The lowest BCUT2D eigenvalue weighted by Gasteiger charge is -2.06. The Kier molecular flexibility index (Phi) is 3.38. The average Bonchev–Trinajstić information content (AvgIpc) is 2.70. The van der Waals surface area contributed by atoms with E-state index in [2.05, 4.69) is 0 Å². The molecular formula is C12H11N3O5. The number of aromatic carboxylic acids is 1. The molecule has 0 unspecified atom stereocenters. The molecule has 0 saturated heterocycles. The molecule has 0 aliphatic rings. The molecule has 8 nitrogen and oxygen atoms in total. The first kappa shape index (κ1) is 13.5. The molecule has 1 aromatic heterocycles. The van der Waals surface area contributed by atoms with Crippen LogP contribution in [0.3, 0.4) is 0 Å². The van der Waals surface area contributed by atoms with Crippen LogP contribution in [0.15, 0.2) is 35.4 Å². The van der Waals surface area contributed by atoms with E-state index in [-0.39, 0.29) is 17.8 Å². The zero-order chi connectivity index (χ0) is 14.9. The highest BCUT2D eigenvalue weighted by Gasteiger charge is 2.23. The van der Waals surface area contributed by atoms with Crippen molar-refractivity contribution < 1.29 is 14.8 Å². The number of carboxylic acids is 1. The van der Waals surface area contributed by atoms with E-state index in [4.69, 9.17) is 5.11 Å². The van der Waals surface area contributed by atoms with Crippen molar-refractivity contribution in [1.29, 1.82) is 0 Å². The molecule has 20 heavy (non-hydrogen) atoms. The molecule has 1 heterocycles. The Balaban J connectivity index is 2.54. The summed E-state index contributed by atoms with van der Waals surface area (Å²) in [5.41, 5.74) is -1.000. The predicted octanol–water partition coefficient (Wildman–Crippen LogP) is 0.841. The number of aromatic nitrogens is 2. The van der Waals surface area contributed by atoms with Gasteiger partial charge in [-0.1, -0.05) is 12.1 Å². The normalized spacial score (nSPS) is 10.4. The molecule has 0 spiro atoms. The van der Waals surface area contributed by atoms with Crippen LogP contribution >= 0.6 is 0 Å². The molecular weight excluding hydrogens is 266 g/mol. The molecule has 0 bridgehead atoms. The van der Waals surface area contributed by atoms with Gasteiger partial charge in [-0.25, -0.2) is 9.59 Å². The maximum atomic E-state index is 11.7. The van der Waals surface area contributed by atoms with Crippen LogP contribution in [0, 0.1) is 10.1 Å². The first-order valence-corrected chi connectivity index (χ1v) is 5.63. The second kappa shape index (κ2) is 5.00. The molecule has 1 N–H and O–H groups in total. The summed E-state index contributed by atoms with van der Waals surface area (Å²) >= 11 is 0. The molecule has 0 aliphatic carbocycles. The first-order valence-electron chi connectivity index (χ1n) is 5.63. The van der Waals surface area contributed by atoms with Crippen LogP contribution in [0.1, 0.15) is 15.9 Å². The molecule has 8 heteroatoms. The number of nitro benzene ring substituents is 1. The summed E-state index contributed by atoms with van der Waals surface area (Å²) in [7, 11) is 1.56. The molecule has 1 aromatic carbocycles. The quantitative estimate of drug-likeness (QED) is 0.658. The average molecular weight is 277 g/mol. The zero-order valence-electron chi connectivity index (χ0n) is 10.5. The van der Waals surface area contributed by atoms with Gasteiger partial charge in [0.1, 0.15) is 5.56 Å². The largest absolute Gasteiger partial charge is 0.477 e. The van der Waals surface area contributed by atoms with Crippen LogP contribution in [-0.2, 0) is 13.6 Å². The van der Waals surface area contributed by atoms with E-state index >= 15 is 0 Å². The summed E-state index contributed by atoms with van der Waals surface area (Å²) in [6.45, 7) is -0.0387. The van der Waals surface area contributed by atoms with E-state index in [1.54, 1.807) is 7.05 Å². The van der Waals surface area contributed by atoms with Crippen molar-refractivity contribution in [1.82, 2.24) is 9.13 Å². The van der Waals surface area contributed by atoms with Crippen LogP contribution in [0.25, 0.3) is 0 Å². The second-order valence-electron chi connectivity index (χ2n) is 4.19. The lowest BCUT2D eigenvalue weighted by Crippen LogP contribution is -2.23. The van der Waals surface area contributed by atoms with Crippen LogP contribution in [0.5, 0.6) is 0 Å². The summed E-state index contributed by atoms with van der Waals surface area (Å²) in [5, 5.41) is 20.0. The minimum absolute atomic E-state index is 0.0387. The van der Waals surface area contributed by atoms with Crippen molar-refractivity contribution in [3.8, 4) is 0 Å². The summed E-state index contributed by atoms with van der Waals surface area (Å²) in [5.74, 6) is -1.39. The van der Waals surface area contributed by atoms with E-state index < -0.39 is 22.1 Å².